The van der Waals surface area contributed by atoms with Gasteiger partial charge < -0.3 is 4.74 Å². The molecule has 1 aliphatic rings. The van der Waals surface area contributed by atoms with Crippen molar-refractivity contribution in [1.29, 1.82) is 0 Å². The van der Waals surface area contributed by atoms with Crippen molar-refractivity contribution < 1.29 is 4.74 Å². The minimum absolute atomic E-state index is 0.543. The van der Waals surface area contributed by atoms with Crippen molar-refractivity contribution in [2.75, 3.05) is 6.61 Å². The van der Waals surface area contributed by atoms with E-state index >= 15 is 0 Å². The summed E-state index contributed by atoms with van der Waals surface area (Å²) in [7, 11) is 0. The zero-order valence-electron chi connectivity index (χ0n) is 9.60. The van der Waals surface area contributed by atoms with E-state index in [0.29, 0.717) is 6.61 Å². The van der Waals surface area contributed by atoms with Crippen molar-refractivity contribution in [3.63, 3.8) is 0 Å². The first-order valence-corrected chi connectivity index (χ1v) is 5.29. The lowest BCUT2D eigenvalue weighted by molar-refractivity contribution is 0.242. The van der Waals surface area contributed by atoms with Gasteiger partial charge in [-0.05, 0) is 19.1 Å². The second-order valence-corrected chi connectivity index (χ2v) is 3.38. The summed E-state index contributed by atoms with van der Waals surface area (Å²) in [6, 6.07) is 0. The Morgan fingerprint density at radius 2 is 2.38 bits per heavy atom. The highest BCUT2D eigenvalue weighted by Gasteiger charge is 1.96. The number of rotatable bonds is 5. The van der Waals surface area contributed by atoms with E-state index < -0.39 is 0 Å². The van der Waals surface area contributed by atoms with Crippen LogP contribution in [0.4, 0.5) is 0 Å². The first kappa shape index (κ1) is 12.2. The third kappa shape index (κ3) is 5.15. The van der Waals surface area contributed by atoms with Crippen LogP contribution in [0.2, 0.25) is 0 Å². The summed E-state index contributed by atoms with van der Waals surface area (Å²) >= 11 is 0. The van der Waals surface area contributed by atoms with Crippen LogP contribution in [0.15, 0.2) is 65.6 Å². The Bertz CT molecular complexity index is 370. The maximum Gasteiger partial charge on any atom is 0.108 e. The SMILES string of the molecule is C=CC=N/C=C\COC1=CC=C(C)C=CC1. The molecule has 0 saturated carbocycles. The lowest BCUT2D eigenvalue weighted by Gasteiger charge is -2.03. The fourth-order valence-electron chi connectivity index (χ4n) is 1.19. The Balaban J connectivity index is 2.33. The van der Waals surface area contributed by atoms with Crippen molar-refractivity contribution in [2.24, 2.45) is 4.99 Å². The van der Waals surface area contributed by atoms with E-state index in [1.165, 1.54) is 5.57 Å². The largest absolute Gasteiger partial charge is 0.493 e. The summed E-state index contributed by atoms with van der Waals surface area (Å²) in [5.74, 6) is 0.977. The molecule has 0 aromatic heterocycles. The van der Waals surface area contributed by atoms with Gasteiger partial charge in [0.1, 0.15) is 12.4 Å². The van der Waals surface area contributed by atoms with Crippen LogP contribution in [0.1, 0.15) is 13.3 Å². The van der Waals surface area contributed by atoms with Gasteiger partial charge >= 0.3 is 0 Å². The van der Waals surface area contributed by atoms with E-state index in [9.17, 15) is 0 Å². The predicted octanol–water partition coefficient (Wildman–Crippen LogP) is 3.56. The van der Waals surface area contributed by atoms with Crippen molar-refractivity contribution in [3.05, 3.63) is 60.6 Å². The summed E-state index contributed by atoms with van der Waals surface area (Å²) in [6.07, 6.45) is 15.9. The summed E-state index contributed by atoms with van der Waals surface area (Å²) < 4.78 is 5.57. The fourth-order valence-corrected chi connectivity index (χ4v) is 1.19. The lowest BCUT2D eigenvalue weighted by atomic mass is 10.3. The molecule has 1 rings (SSSR count). The van der Waals surface area contributed by atoms with Crippen LogP contribution in [0.5, 0.6) is 0 Å². The molecule has 0 heterocycles. The number of ether oxygens (including phenoxy) is 1. The molecule has 0 fully saturated rings. The van der Waals surface area contributed by atoms with Gasteiger partial charge in [0, 0.05) is 18.8 Å². The summed E-state index contributed by atoms with van der Waals surface area (Å²) in [4.78, 5) is 3.95. The zero-order valence-corrected chi connectivity index (χ0v) is 9.60. The first-order chi connectivity index (χ1) is 7.83. The Hall–Kier alpha value is -1.83. The molecule has 2 nitrogen and oxygen atoms in total. The van der Waals surface area contributed by atoms with Gasteiger partial charge in [0.2, 0.25) is 0 Å². The average molecular weight is 215 g/mol. The Kier molecular flexibility index (Phi) is 5.71. The van der Waals surface area contributed by atoms with Gasteiger partial charge in [0.25, 0.3) is 0 Å². The van der Waals surface area contributed by atoms with Gasteiger partial charge in [-0.15, -0.1) is 0 Å². The molecule has 0 N–H and O–H groups in total. The normalized spacial score (nSPS) is 16.1. The lowest BCUT2D eigenvalue weighted by Crippen LogP contribution is -1.90. The van der Waals surface area contributed by atoms with Crippen LogP contribution < -0.4 is 0 Å². The van der Waals surface area contributed by atoms with Gasteiger partial charge in [-0.2, -0.15) is 0 Å². The molecule has 16 heavy (non-hydrogen) atoms. The topological polar surface area (TPSA) is 21.6 Å². The molecule has 0 amide bonds. The first-order valence-electron chi connectivity index (χ1n) is 5.29. The highest BCUT2D eigenvalue weighted by molar-refractivity contribution is 5.70. The Labute approximate surface area is 97.0 Å². The quantitative estimate of drug-likeness (QED) is 0.642. The highest BCUT2D eigenvalue weighted by Crippen LogP contribution is 2.11. The Morgan fingerprint density at radius 1 is 1.50 bits per heavy atom. The van der Waals surface area contributed by atoms with E-state index in [1.807, 2.05) is 12.2 Å². The van der Waals surface area contributed by atoms with Crippen LogP contribution in [-0.4, -0.2) is 12.8 Å². The Morgan fingerprint density at radius 3 is 3.19 bits per heavy atom. The fraction of sp³-hybridized carbons (Fsp3) is 0.214. The average Bonchev–Trinajstić information content (AvgIpc) is 2.49. The second-order valence-electron chi connectivity index (χ2n) is 3.38. The molecule has 0 aromatic carbocycles. The number of hydrogen-bond acceptors (Lipinski definition) is 2. The van der Waals surface area contributed by atoms with E-state index in [1.54, 1.807) is 18.5 Å². The molecule has 2 heteroatoms. The third-order valence-corrected chi connectivity index (χ3v) is 1.98. The molecular formula is C14H17NO. The molecule has 0 unspecified atom stereocenters. The van der Waals surface area contributed by atoms with Gasteiger partial charge in [-0.1, -0.05) is 36.5 Å². The molecule has 0 bridgehead atoms. The van der Waals surface area contributed by atoms with Crippen LogP contribution in [0, 0.1) is 0 Å². The van der Waals surface area contributed by atoms with Gasteiger partial charge in [-0.3, -0.25) is 4.99 Å². The molecule has 84 valence electrons. The van der Waals surface area contributed by atoms with Crippen LogP contribution in [-0.2, 0) is 4.74 Å². The predicted molar refractivity (Wildman–Crippen MR) is 69.4 cm³/mol. The molecule has 0 saturated heterocycles. The van der Waals surface area contributed by atoms with E-state index in [2.05, 4.69) is 36.7 Å². The third-order valence-electron chi connectivity index (χ3n) is 1.98. The van der Waals surface area contributed by atoms with Crippen LogP contribution in [0.25, 0.3) is 0 Å². The van der Waals surface area contributed by atoms with Gasteiger partial charge in [-0.25, -0.2) is 0 Å². The molecule has 0 radical (unpaired) electrons. The number of hydrogen-bond donors (Lipinski definition) is 0. The maximum absolute atomic E-state index is 5.57. The monoisotopic (exact) mass is 215 g/mol. The van der Waals surface area contributed by atoms with Crippen molar-refractivity contribution in [1.82, 2.24) is 0 Å². The summed E-state index contributed by atoms with van der Waals surface area (Å²) in [5, 5.41) is 0. The van der Waals surface area contributed by atoms with Crippen LogP contribution >= 0.6 is 0 Å². The van der Waals surface area contributed by atoms with E-state index in [0.717, 1.165) is 12.2 Å². The minimum Gasteiger partial charge on any atom is -0.493 e. The van der Waals surface area contributed by atoms with E-state index in [4.69, 9.17) is 4.74 Å². The van der Waals surface area contributed by atoms with Gasteiger partial charge in [0.15, 0.2) is 0 Å². The minimum atomic E-state index is 0.543. The number of nitrogens with zero attached hydrogens (tertiary/aromatic N) is 1. The number of allylic oxidation sites excluding steroid dienone is 6. The molecular weight excluding hydrogens is 198 g/mol. The van der Waals surface area contributed by atoms with Crippen molar-refractivity contribution >= 4 is 6.21 Å². The molecule has 0 aliphatic heterocycles. The molecule has 0 atom stereocenters. The maximum atomic E-state index is 5.57. The smallest absolute Gasteiger partial charge is 0.108 e. The summed E-state index contributed by atoms with van der Waals surface area (Å²) in [6.45, 7) is 6.14. The zero-order chi connectivity index (χ0) is 11.6. The van der Waals surface area contributed by atoms with Gasteiger partial charge in [0.05, 0.1) is 0 Å². The molecule has 1 aliphatic carbocycles. The van der Waals surface area contributed by atoms with Crippen molar-refractivity contribution in [3.8, 4) is 0 Å². The molecule has 0 spiro atoms. The molecule has 0 aromatic rings. The van der Waals surface area contributed by atoms with Crippen molar-refractivity contribution in [2.45, 2.75) is 13.3 Å². The van der Waals surface area contributed by atoms with Crippen LogP contribution in [0.3, 0.4) is 0 Å². The summed E-state index contributed by atoms with van der Waals surface area (Å²) in [5.41, 5.74) is 1.24. The second kappa shape index (κ2) is 7.46. The van der Waals surface area contributed by atoms with E-state index in [-0.39, 0.29) is 0 Å². The highest BCUT2D eigenvalue weighted by atomic mass is 16.5. The number of aliphatic imine (C=N–C) groups is 1. The standard InChI is InChI=1S/C14H17NO/c1-3-10-15-11-5-12-16-14-7-4-6-13(2)8-9-14/h3-6,8-11H,1,7,12H2,2H3/b11-5-,15-10?.